The summed E-state index contributed by atoms with van der Waals surface area (Å²) in [5.74, 6) is 0.738. The zero-order valence-corrected chi connectivity index (χ0v) is 14.3. The van der Waals surface area contributed by atoms with Gasteiger partial charge in [-0.05, 0) is 48.3 Å². The first-order valence-electron chi connectivity index (χ1n) is 7.91. The lowest BCUT2D eigenvalue weighted by atomic mass is 9.72. The molecule has 1 aromatic carbocycles. The molecule has 0 bridgehead atoms. The fraction of sp³-hybridized carbons (Fsp3) is 0.421. The van der Waals surface area contributed by atoms with Crippen molar-refractivity contribution in [3.05, 3.63) is 51.7 Å². The van der Waals surface area contributed by atoms with Gasteiger partial charge >= 0.3 is 0 Å². The number of thiophene rings is 1. The van der Waals surface area contributed by atoms with Crippen molar-refractivity contribution in [1.29, 1.82) is 0 Å². The molecule has 1 aliphatic carbocycles. The number of para-hydroxylation sites is 1. The Labute approximate surface area is 136 Å². The Hall–Kier alpha value is -1.61. The Morgan fingerprint density at radius 1 is 1.23 bits per heavy atom. The summed E-state index contributed by atoms with van der Waals surface area (Å²) in [4.78, 5) is 13.9. The van der Waals surface area contributed by atoms with E-state index in [-0.39, 0.29) is 5.91 Å². The highest BCUT2D eigenvalue weighted by Crippen LogP contribution is 2.40. The van der Waals surface area contributed by atoms with Gasteiger partial charge in [-0.25, -0.2) is 0 Å². The maximum Gasteiger partial charge on any atom is 0.256 e. The summed E-state index contributed by atoms with van der Waals surface area (Å²) >= 11 is 1.75. The van der Waals surface area contributed by atoms with Crippen LogP contribution in [0.3, 0.4) is 0 Å². The molecule has 0 radical (unpaired) electrons. The van der Waals surface area contributed by atoms with Crippen molar-refractivity contribution in [3.63, 3.8) is 0 Å². The lowest BCUT2D eigenvalue weighted by Crippen LogP contribution is -2.27. The summed E-state index contributed by atoms with van der Waals surface area (Å²) in [6.45, 7) is 6.96. The van der Waals surface area contributed by atoms with Crippen LogP contribution in [0.5, 0.6) is 0 Å². The zero-order valence-electron chi connectivity index (χ0n) is 13.5. The van der Waals surface area contributed by atoms with Gasteiger partial charge in [0, 0.05) is 15.9 Å². The number of rotatable bonds is 2. The highest BCUT2D eigenvalue weighted by molar-refractivity contribution is 7.10. The molecule has 1 amide bonds. The minimum absolute atomic E-state index is 0.0258. The number of amides is 1. The molecule has 116 valence electrons. The summed E-state index contributed by atoms with van der Waals surface area (Å²) < 4.78 is 0. The fourth-order valence-corrected chi connectivity index (χ4v) is 4.32. The summed E-state index contributed by atoms with van der Waals surface area (Å²) in [6.07, 6.45) is 3.32. The molecule has 1 atom stereocenters. The Morgan fingerprint density at radius 2 is 1.95 bits per heavy atom. The topological polar surface area (TPSA) is 29.1 Å². The van der Waals surface area contributed by atoms with Crippen molar-refractivity contribution in [2.75, 3.05) is 5.32 Å². The van der Waals surface area contributed by atoms with E-state index in [1.165, 1.54) is 16.9 Å². The normalized spacial score (nSPS) is 17.9. The van der Waals surface area contributed by atoms with Gasteiger partial charge in [0.15, 0.2) is 0 Å². The van der Waals surface area contributed by atoms with Crippen molar-refractivity contribution < 1.29 is 4.79 Å². The molecule has 1 aliphatic rings. The monoisotopic (exact) mass is 313 g/mol. The van der Waals surface area contributed by atoms with Gasteiger partial charge in [0.1, 0.15) is 0 Å². The number of fused-ring (bicyclic) bond motifs is 1. The number of carbonyl (C=O) groups is 1. The highest BCUT2D eigenvalue weighted by atomic mass is 32.1. The molecule has 0 fully saturated rings. The fourth-order valence-electron chi connectivity index (χ4n) is 3.16. The Bertz CT molecular complexity index is 666. The van der Waals surface area contributed by atoms with Crippen LogP contribution in [0, 0.1) is 11.3 Å². The van der Waals surface area contributed by atoms with Crippen LogP contribution in [-0.4, -0.2) is 5.91 Å². The van der Waals surface area contributed by atoms with Gasteiger partial charge in [-0.15, -0.1) is 11.3 Å². The van der Waals surface area contributed by atoms with Crippen LogP contribution < -0.4 is 5.32 Å². The van der Waals surface area contributed by atoms with Crippen molar-refractivity contribution in [1.82, 2.24) is 0 Å². The molecule has 0 saturated heterocycles. The lowest BCUT2D eigenvalue weighted by molar-refractivity contribution is 0.102. The Morgan fingerprint density at radius 3 is 2.64 bits per heavy atom. The van der Waals surface area contributed by atoms with Gasteiger partial charge in [-0.3, -0.25) is 4.79 Å². The first-order valence-corrected chi connectivity index (χ1v) is 8.79. The second-order valence-electron chi connectivity index (χ2n) is 7.18. The summed E-state index contributed by atoms with van der Waals surface area (Å²) in [5.41, 5.74) is 3.35. The third kappa shape index (κ3) is 3.09. The van der Waals surface area contributed by atoms with Crippen LogP contribution in [0.1, 0.15) is 48.0 Å². The van der Waals surface area contributed by atoms with E-state index in [2.05, 4.69) is 26.1 Å². The van der Waals surface area contributed by atoms with E-state index < -0.39 is 0 Å². The molecule has 22 heavy (non-hydrogen) atoms. The standard InChI is InChI=1S/C19H23NOS/c1-19(2,3)13-9-10-15-16(12-22-17(15)11-13)18(21)20-14-7-5-4-6-8-14/h4-8,12-13H,9-11H2,1-3H3,(H,20,21). The number of hydrogen-bond acceptors (Lipinski definition) is 2. The van der Waals surface area contributed by atoms with E-state index in [9.17, 15) is 4.79 Å². The number of nitrogens with one attached hydrogen (secondary N) is 1. The minimum atomic E-state index is 0.0258. The van der Waals surface area contributed by atoms with Gasteiger partial charge in [0.25, 0.3) is 5.91 Å². The van der Waals surface area contributed by atoms with E-state index in [4.69, 9.17) is 0 Å². The molecule has 2 nitrogen and oxygen atoms in total. The number of carbonyl (C=O) groups excluding carboxylic acids is 1. The molecule has 0 spiro atoms. The average Bonchev–Trinajstić information content (AvgIpc) is 2.90. The van der Waals surface area contributed by atoms with Crippen molar-refractivity contribution in [2.24, 2.45) is 11.3 Å². The molecule has 2 aromatic rings. The maximum absolute atomic E-state index is 12.5. The number of hydrogen-bond donors (Lipinski definition) is 1. The summed E-state index contributed by atoms with van der Waals surface area (Å²) in [6, 6.07) is 9.67. The molecule has 3 rings (SSSR count). The van der Waals surface area contributed by atoms with Gasteiger partial charge in [-0.2, -0.15) is 0 Å². The van der Waals surface area contributed by atoms with Crippen LogP contribution in [-0.2, 0) is 12.8 Å². The molecule has 3 heteroatoms. The largest absolute Gasteiger partial charge is 0.322 e. The van der Waals surface area contributed by atoms with Crippen LogP contribution in [0.25, 0.3) is 0 Å². The highest BCUT2D eigenvalue weighted by Gasteiger charge is 2.31. The average molecular weight is 313 g/mol. The molecule has 1 unspecified atom stereocenters. The van der Waals surface area contributed by atoms with Crippen molar-refractivity contribution in [2.45, 2.75) is 40.0 Å². The van der Waals surface area contributed by atoms with E-state index in [0.717, 1.165) is 24.1 Å². The Balaban J connectivity index is 1.78. The SMILES string of the molecule is CC(C)(C)C1CCc2c(C(=O)Nc3ccccc3)csc2C1. The maximum atomic E-state index is 12.5. The summed E-state index contributed by atoms with van der Waals surface area (Å²) in [7, 11) is 0. The van der Waals surface area contributed by atoms with Gasteiger partial charge in [0.2, 0.25) is 0 Å². The van der Waals surface area contributed by atoms with Gasteiger partial charge < -0.3 is 5.32 Å². The third-order valence-corrected chi connectivity index (χ3v) is 5.71. The first-order chi connectivity index (χ1) is 10.4. The molecule has 1 N–H and O–H groups in total. The van der Waals surface area contributed by atoms with E-state index in [1.54, 1.807) is 11.3 Å². The molecule has 1 aromatic heterocycles. The molecular formula is C19H23NOS. The van der Waals surface area contributed by atoms with Crippen LogP contribution in [0.2, 0.25) is 0 Å². The van der Waals surface area contributed by atoms with E-state index >= 15 is 0 Å². The molecule has 0 saturated carbocycles. The smallest absolute Gasteiger partial charge is 0.256 e. The second kappa shape index (κ2) is 5.88. The predicted molar refractivity (Wildman–Crippen MR) is 93.7 cm³/mol. The van der Waals surface area contributed by atoms with Crippen LogP contribution >= 0.6 is 11.3 Å². The van der Waals surface area contributed by atoms with E-state index in [0.29, 0.717) is 11.3 Å². The number of anilines is 1. The third-order valence-electron chi connectivity index (χ3n) is 4.66. The van der Waals surface area contributed by atoms with Gasteiger partial charge in [-0.1, -0.05) is 39.0 Å². The van der Waals surface area contributed by atoms with Crippen molar-refractivity contribution in [3.8, 4) is 0 Å². The molecule has 1 heterocycles. The van der Waals surface area contributed by atoms with E-state index in [1.807, 2.05) is 35.7 Å². The molecule has 0 aliphatic heterocycles. The van der Waals surface area contributed by atoms with Gasteiger partial charge in [0.05, 0.1) is 5.56 Å². The Kier molecular flexibility index (Phi) is 4.09. The van der Waals surface area contributed by atoms with Crippen LogP contribution in [0.4, 0.5) is 5.69 Å². The predicted octanol–water partition coefficient (Wildman–Crippen LogP) is 5.15. The van der Waals surface area contributed by atoms with Crippen LogP contribution in [0.15, 0.2) is 35.7 Å². The zero-order chi connectivity index (χ0) is 15.7. The minimum Gasteiger partial charge on any atom is -0.322 e. The van der Waals surface area contributed by atoms with Crippen molar-refractivity contribution >= 4 is 22.9 Å². The lowest BCUT2D eigenvalue weighted by Gasteiger charge is -2.34. The quantitative estimate of drug-likeness (QED) is 0.816. The first kappa shape index (κ1) is 15.3. The molecular weight excluding hydrogens is 290 g/mol. The summed E-state index contributed by atoms with van der Waals surface area (Å²) in [5, 5.41) is 5.04. The second-order valence-corrected chi connectivity index (χ2v) is 8.14. The number of benzene rings is 1.